The Balaban J connectivity index is 1.95. The quantitative estimate of drug-likeness (QED) is 0.696. The van der Waals surface area contributed by atoms with Gasteiger partial charge in [0.1, 0.15) is 11.9 Å². The number of hydrogen-bond donors (Lipinski definition) is 0. The molecule has 2 aromatic carbocycles. The highest BCUT2D eigenvalue weighted by Crippen LogP contribution is 2.37. The van der Waals surface area contributed by atoms with E-state index < -0.39 is 17.8 Å². The normalized spacial score (nSPS) is 17.0. The van der Waals surface area contributed by atoms with Crippen LogP contribution in [0.15, 0.2) is 36.4 Å². The van der Waals surface area contributed by atoms with Crippen molar-refractivity contribution in [2.24, 2.45) is 0 Å². The molecule has 29 heavy (non-hydrogen) atoms. The van der Waals surface area contributed by atoms with Gasteiger partial charge in [0.2, 0.25) is 0 Å². The second-order valence-corrected chi connectivity index (χ2v) is 6.68. The first kappa shape index (κ1) is 20.8. The van der Waals surface area contributed by atoms with Crippen LogP contribution in [0.4, 0.5) is 13.2 Å². The summed E-state index contributed by atoms with van der Waals surface area (Å²) in [5.74, 6) is 1.46. The Kier molecular flexibility index (Phi) is 6.18. The number of nitriles is 1. The zero-order chi connectivity index (χ0) is 21.0. The van der Waals surface area contributed by atoms with Gasteiger partial charge in [0.15, 0.2) is 11.5 Å². The predicted octanol–water partition coefficient (Wildman–Crippen LogP) is 4.22. The molecule has 0 bridgehead atoms. The molecule has 5 nitrogen and oxygen atoms in total. The fourth-order valence-corrected chi connectivity index (χ4v) is 3.39. The van der Waals surface area contributed by atoms with Crippen LogP contribution in [0.1, 0.15) is 22.8 Å². The number of nitrogens with zero attached hydrogens (tertiary/aromatic N) is 2. The van der Waals surface area contributed by atoms with Gasteiger partial charge < -0.3 is 14.2 Å². The SMILES string of the molecule is COc1cc2c(cc1OC)C(Oc1ccc(C(F)(F)F)cc1)CN(CC#N)CC2. The number of hydrogen-bond acceptors (Lipinski definition) is 5. The lowest BCUT2D eigenvalue weighted by molar-refractivity contribution is -0.137. The van der Waals surface area contributed by atoms with E-state index in [4.69, 9.17) is 19.5 Å². The number of halogens is 3. The van der Waals surface area contributed by atoms with Crippen LogP contribution in [-0.2, 0) is 12.6 Å². The van der Waals surface area contributed by atoms with Gasteiger partial charge >= 0.3 is 6.18 Å². The van der Waals surface area contributed by atoms with E-state index in [9.17, 15) is 13.2 Å². The van der Waals surface area contributed by atoms with Crippen molar-refractivity contribution >= 4 is 0 Å². The molecule has 0 N–H and O–H groups in total. The zero-order valence-electron chi connectivity index (χ0n) is 16.1. The van der Waals surface area contributed by atoms with Crippen LogP contribution >= 0.6 is 0 Å². The Bertz CT molecular complexity index is 892. The van der Waals surface area contributed by atoms with E-state index >= 15 is 0 Å². The number of rotatable bonds is 5. The summed E-state index contributed by atoms with van der Waals surface area (Å²) in [5.41, 5.74) is 1.12. The van der Waals surface area contributed by atoms with Crippen molar-refractivity contribution in [1.29, 1.82) is 5.26 Å². The molecule has 1 unspecified atom stereocenters. The second kappa shape index (κ2) is 8.62. The second-order valence-electron chi connectivity index (χ2n) is 6.68. The monoisotopic (exact) mass is 406 g/mol. The summed E-state index contributed by atoms with van der Waals surface area (Å²) in [6, 6.07) is 10.5. The molecule has 0 radical (unpaired) electrons. The summed E-state index contributed by atoms with van der Waals surface area (Å²) in [4.78, 5) is 1.95. The molecule has 3 rings (SSSR count). The van der Waals surface area contributed by atoms with E-state index in [0.717, 1.165) is 23.3 Å². The molecule has 0 saturated heterocycles. The maximum Gasteiger partial charge on any atom is 0.416 e. The molecule has 0 fully saturated rings. The molecular formula is C21H21F3N2O3. The maximum atomic E-state index is 12.8. The Morgan fingerprint density at radius 1 is 1.10 bits per heavy atom. The largest absolute Gasteiger partial charge is 0.493 e. The molecule has 1 atom stereocenters. The number of benzene rings is 2. The fraction of sp³-hybridized carbons (Fsp3) is 0.381. The smallest absolute Gasteiger partial charge is 0.416 e. The summed E-state index contributed by atoms with van der Waals surface area (Å²) >= 11 is 0. The van der Waals surface area contributed by atoms with Gasteiger partial charge in [-0.25, -0.2) is 0 Å². The molecule has 1 heterocycles. The first-order chi connectivity index (χ1) is 13.9. The third kappa shape index (κ3) is 4.74. The van der Waals surface area contributed by atoms with Crippen LogP contribution in [0, 0.1) is 11.3 Å². The Labute approximate surface area is 167 Å². The van der Waals surface area contributed by atoms with Crippen molar-refractivity contribution in [2.75, 3.05) is 33.9 Å². The molecule has 0 amide bonds. The lowest BCUT2D eigenvalue weighted by Gasteiger charge is -2.24. The molecule has 2 aromatic rings. The average molecular weight is 406 g/mol. The molecule has 0 aromatic heterocycles. The average Bonchev–Trinajstić information content (AvgIpc) is 2.86. The van der Waals surface area contributed by atoms with Crippen molar-refractivity contribution in [3.05, 3.63) is 53.1 Å². The highest BCUT2D eigenvalue weighted by molar-refractivity contribution is 5.49. The van der Waals surface area contributed by atoms with Crippen molar-refractivity contribution < 1.29 is 27.4 Å². The minimum atomic E-state index is -4.40. The van der Waals surface area contributed by atoms with Gasteiger partial charge in [0.25, 0.3) is 0 Å². The first-order valence-corrected chi connectivity index (χ1v) is 9.03. The Hall–Kier alpha value is -2.92. The third-order valence-electron chi connectivity index (χ3n) is 4.87. The summed E-state index contributed by atoms with van der Waals surface area (Å²) in [5, 5.41) is 9.10. The minimum Gasteiger partial charge on any atom is -0.493 e. The van der Waals surface area contributed by atoms with Crippen molar-refractivity contribution in [2.45, 2.75) is 18.7 Å². The molecular weight excluding hydrogens is 385 g/mol. The molecule has 154 valence electrons. The number of methoxy groups -OCH3 is 2. The van der Waals surface area contributed by atoms with Crippen molar-refractivity contribution in [3.8, 4) is 23.3 Å². The summed E-state index contributed by atoms with van der Waals surface area (Å²) in [7, 11) is 3.09. The van der Waals surface area contributed by atoms with E-state index in [0.29, 0.717) is 36.8 Å². The van der Waals surface area contributed by atoms with Crippen LogP contribution in [0.3, 0.4) is 0 Å². The maximum absolute atomic E-state index is 12.8. The van der Waals surface area contributed by atoms with E-state index in [-0.39, 0.29) is 6.54 Å². The Morgan fingerprint density at radius 3 is 2.34 bits per heavy atom. The van der Waals surface area contributed by atoms with Crippen molar-refractivity contribution in [1.82, 2.24) is 4.90 Å². The lowest BCUT2D eigenvalue weighted by Crippen LogP contribution is -2.30. The summed E-state index contributed by atoms with van der Waals surface area (Å²) in [6.45, 7) is 1.31. The van der Waals surface area contributed by atoms with Gasteiger partial charge in [-0.15, -0.1) is 0 Å². The number of ether oxygens (including phenoxy) is 3. The molecule has 0 saturated carbocycles. The fourth-order valence-electron chi connectivity index (χ4n) is 3.39. The topological polar surface area (TPSA) is 54.7 Å². The molecule has 8 heteroatoms. The minimum absolute atomic E-state index is 0.231. The molecule has 0 spiro atoms. The number of fused-ring (bicyclic) bond motifs is 1. The number of alkyl halides is 3. The molecule has 0 aliphatic carbocycles. The zero-order valence-corrected chi connectivity index (χ0v) is 16.1. The Morgan fingerprint density at radius 2 is 1.76 bits per heavy atom. The predicted molar refractivity (Wildman–Crippen MR) is 100 cm³/mol. The highest BCUT2D eigenvalue weighted by Gasteiger charge is 2.31. The van der Waals surface area contributed by atoms with Crippen LogP contribution in [0.25, 0.3) is 0 Å². The van der Waals surface area contributed by atoms with Crippen LogP contribution in [-0.4, -0.2) is 38.8 Å². The van der Waals surface area contributed by atoms with E-state index in [2.05, 4.69) is 6.07 Å². The van der Waals surface area contributed by atoms with Crippen LogP contribution < -0.4 is 14.2 Å². The van der Waals surface area contributed by atoms with E-state index in [1.165, 1.54) is 19.2 Å². The third-order valence-corrected chi connectivity index (χ3v) is 4.87. The van der Waals surface area contributed by atoms with E-state index in [1.54, 1.807) is 7.11 Å². The van der Waals surface area contributed by atoms with Crippen molar-refractivity contribution in [3.63, 3.8) is 0 Å². The summed E-state index contributed by atoms with van der Waals surface area (Å²) < 4.78 is 55.3. The van der Waals surface area contributed by atoms with Gasteiger partial charge in [-0.3, -0.25) is 4.90 Å². The standard InChI is InChI=1S/C21H21F3N2O3/c1-27-18-11-14-7-9-26(10-8-25)13-20(17(14)12-19(18)28-2)29-16-5-3-15(4-6-16)21(22,23)24/h3-6,11-12,20H,7,9-10,13H2,1-2H3. The molecule has 1 aliphatic rings. The first-order valence-electron chi connectivity index (χ1n) is 9.03. The lowest BCUT2D eigenvalue weighted by atomic mass is 10.00. The van der Waals surface area contributed by atoms with E-state index in [1.807, 2.05) is 17.0 Å². The van der Waals surface area contributed by atoms with Crippen LogP contribution in [0.2, 0.25) is 0 Å². The van der Waals surface area contributed by atoms with Gasteiger partial charge in [-0.1, -0.05) is 0 Å². The molecule has 1 aliphatic heterocycles. The van der Waals surface area contributed by atoms with Gasteiger partial charge in [-0.05, 0) is 48.4 Å². The highest BCUT2D eigenvalue weighted by atomic mass is 19.4. The van der Waals surface area contributed by atoms with Crippen LogP contribution in [0.5, 0.6) is 17.2 Å². The summed E-state index contributed by atoms with van der Waals surface area (Å²) in [6.07, 6.45) is -4.19. The van der Waals surface area contributed by atoms with Gasteiger partial charge in [0, 0.05) is 18.7 Å². The van der Waals surface area contributed by atoms with Gasteiger partial charge in [-0.2, -0.15) is 18.4 Å². The van der Waals surface area contributed by atoms with Gasteiger partial charge in [0.05, 0.1) is 32.4 Å².